The molecule has 1 aliphatic rings. The number of anilines is 2. The average molecular weight is 521 g/mol. The number of carboxylic acid groups (broad SMARTS) is 1. The minimum Gasteiger partial charge on any atom is -0.481 e. The van der Waals surface area contributed by atoms with Gasteiger partial charge in [-0.25, -0.2) is 19.4 Å². The van der Waals surface area contributed by atoms with Gasteiger partial charge in [-0.2, -0.15) is 0 Å². The number of hydrogen-bond acceptors (Lipinski definition) is 5. The monoisotopic (exact) mass is 520 g/mol. The molecule has 4 amide bonds. The van der Waals surface area contributed by atoms with Crippen LogP contribution in [0.25, 0.3) is 6.08 Å². The Hall–Kier alpha value is -4.24. The van der Waals surface area contributed by atoms with E-state index in [0.717, 1.165) is 9.80 Å². The maximum atomic E-state index is 13.3. The van der Waals surface area contributed by atoms with E-state index in [1.54, 1.807) is 72.8 Å². The van der Waals surface area contributed by atoms with E-state index >= 15 is 0 Å². The van der Waals surface area contributed by atoms with Crippen molar-refractivity contribution < 1.29 is 29.0 Å². The van der Waals surface area contributed by atoms with Gasteiger partial charge in [-0.15, -0.1) is 0 Å². The van der Waals surface area contributed by atoms with Gasteiger partial charge in [-0.1, -0.05) is 42.5 Å². The van der Waals surface area contributed by atoms with Crippen LogP contribution in [0.4, 0.5) is 16.2 Å². The molecule has 3 aromatic carbocycles. The second kappa shape index (κ2) is 9.72. The van der Waals surface area contributed by atoms with Crippen LogP contribution in [0.5, 0.6) is 5.75 Å². The minimum atomic E-state index is -1.12. The van der Waals surface area contributed by atoms with Gasteiger partial charge >= 0.3 is 12.0 Å². The summed E-state index contributed by atoms with van der Waals surface area (Å²) in [5, 5.41) is 8.79. The Kier molecular flexibility index (Phi) is 6.55. The van der Waals surface area contributed by atoms with Crippen molar-refractivity contribution in [2.24, 2.45) is 0 Å². The first-order chi connectivity index (χ1) is 16.4. The average Bonchev–Trinajstić information content (AvgIpc) is 2.82. The summed E-state index contributed by atoms with van der Waals surface area (Å²) in [4.78, 5) is 52.6. The third kappa shape index (κ3) is 4.60. The van der Waals surface area contributed by atoms with Gasteiger partial charge in [-0.05, 0) is 64.0 Å². The Bertz CT molecular complexity index is 1240. The van der Waals surface area contributed by atoms with Crippen LogP contribution in [-0.4, -0.2) is 35.5 Å². The van der Waals surface area contributed by atoms with E-state index in [9.17, 15) is 19.2 Å². The molecule has 0 unspecified atom stereocenters. The van der Waals surface area contributed by atoms with Crippen molar-refractivity contribution >= 4 is 57.2 Å². The predicted octanol–water partition coefficient (Wildman–Crippen LogP) is 4.50. The largest absolute Gasteiger partial charge is 0.481 e. The van der Waals surface area contributed by atoms with Gasteiger partial charge in [0, 0.05) is 0 Å². The molecule has 34 heavy (non-hydrogen) atoms. The Morgan fingerprint density at radius 1 is 0.853 bits per heavy atom. The molecular weight excluding hydrogens is 504 g/mol. The molecule has 0 atom stereocenters. The fourth-order valence-corrected chi connectivity index (χ4v) is 3.88. The lowest BCUT2D eigenvalue weighted by Crippen LogP contribution is -2.57. The van der Waals surface area contributed by atoms with Gasteiger partial charge in [-0.3, -0.25) is 9.59 Å². The molecule has 1 aliphatic heterocycles. The topological polar surface area (TPSA) is 104 Å². The molecule has 1 heterocycles. The Balaban J connectivity index is 1.77. The number of carboxylic acids is 1. The molecule has 1 fully saturated rings. The zero-order chi connectivity index (χ0) is 24.2. The van der Waals surface area contributed by atoms with Crippen LogP contribution in [0.15, 0.2) is 88.9 Å². The van der Waals surface area contributed by atoms with Crippen molar-refractivity contribution in [1.82, 2.24) is 0 Å². The maximum Gasteiger partial charge on any atom is 0.343 e. The van der Waals surface area contributed by atoms with Crippen molar-refractivity contribution in [1.29, 1.82) is 0 Å². The summed E-state index contributed by atoms with van der Waals surface area (Å²) in [6.45, 7) is -0.518. The molecule has 0 bridgehead atoms. The SMILES string of the molecule is O=C(O)COc1ccc(C=C2C(=O)N(c3ccccc3)C(=O)N(c3ccccc3)C2=O)cc1Br. The van der Waals surface area contributed by atoms with Crippen molar-refractivity contribution in [3.63, 3.8) is 0 Å². The number of carbonyl (C=O) groups is 4. The Morgan fingerprint density at radius 3 is 1.85 bits per heavy atom. The van der Waals surface area contributed by atoms with Crippen LogP contribution in [0, 0.1) is 0 Å². The molecule has 170 valence electrons. The molecule has 8 nitrogen and oxygen atoms in total. The second-order valence-corrected chi connectivity index (χ2v) is 8.02. The molecule has 9 heteroatoms. The van der Waals surface area contributed by atoms with E-state index in [2.05, 4.69) is 15.9 Å². The van der Waals surface area contributed by atoms with E-state index in [1.165, 1.54) is 12.1 Å². The lowest BCUT2D eigenvalue weighted by molar-refractivity contribution is -0.139. The Morgan fingerprint density at radius 2 is 1.38 bits per heavy atom. The summed E-state index contributed by atoms with van der Waals surface area (Å²) in [5.41, 5.74) is 0.922. The lowest BCUT2D eigenvalue weighted by atomic mass is 10.0. The summed E-state index contributed by atoms with van der Waals surface area (Å²) in [7, 11) is 0. The molecule has 0 spiro atoms. The molecule has 0 aliphatic carbocycles. The lowest BCUT2D eigenvalue weighted by Gasteiger charge is -2.33. The third-order valence-corrected chi connectivity index (χ3v) is 5.52. The normalized spacial score (nSPS) is 13.8. The first kappa shape index (κ1) is 22.9. The van der Waals surface area contributed by atoms with Crippen molar-refractivity contribution in [2.75, 3.05) is 16.4 Å². The number of barbiturate groups is 1. The van der Waals surface area contributed by atoms with Gasteiger partial charge in [0.2, 0.25) is 0 Å². The number of benzene rings is 3. The highest BCUT2D eigenvalue weighted by Gasteiger charge is 2.43. The van der Waals surface area contributed by atoms with Crippen molar-refractivity contribution in [3.8, 4) is 5.75 Å². The molecule has 1 N–H and O–H groups in total. The van der Waals surface area contributed by atoms with E-state index in [0.29, 0.717) is 21.4 Å². The van der Waals surface area contributed by atoms with E-state index < -0.39 is 30.4 Å². The number of amides is 4. The molecule has 0 saturated carbocycles. The van der Waals surface area contributed by atoms with E-state index in [-0.39, 0.29) is 11.3 Å². The first-order valence-corrected chi connectivity index (χ1v) is 10.8. The number of imide groups is 2. The van der Waals surface area contributed by atoms with Crippen LogP contribution < -0.4 is 14.5 Å². The minimum absolute atomic E-state index is 0.210. The summed E-state index contributed by atoms with van der Waals surface area (Å²) >= 11 is 3.31. The standard InChI is InChI=1S/C25H17BrN2O6/c26-20-14-16(11-12-21(20)34-15-22(29)30)13-19-23(31)27(17-7-3-1-4-8-17)25(33)28(24(19)32)18-9-5-2-6-10-18/h1-14H,15H2,(H,29,30). The highest BCUT2D eigenvalue weighted by Crippen LogP contribution is 2.31. The number of nitrogens with zero attached hydrogens (tertiary/aromatic N) is 2. The molecule has 0 aromatic heterocycles. The van der Waals surface area contributed by atoms with Gasteiger partial charge in [0.15, 0.2) is 6.61 Å². The molecular formula is C25H17BrN2O6. The zero-order valence-corrected chi connectivity index (χ0v) is 19.1. The Labute approximate surface area is 202 Å². The number of para-hydroxylation sites is 2. The van der Waals surface area contributed by atoms with Crippen LogP contribution in [0.1, 0.15) is 5.56 Å². The predicted molar refractivity (Wildman–Crippen MR) is 129 cm³/mol. The van der Waals surface area contributed by atoms with Crippen LogP contribution >= 0.6 is 15.9 Å². The van der Waals surface area contributed by atoms with Gasteiger partial charge < -0.3 is 9.84 Å². The number of aliphatic carboxylic acids is 1. The maximum absolute atomic E-state index is 13.3. The van der Waals surface area contributed by atoms with Crippen molar-refractivity contribution in [3.05, 3.63) is 94.5 Å². The van der Waals surface area contributed by atoms with Crippen LogP contribution in [0.3, 0.4) is 0 Å². The first-order valence-electron chi connectivity index (χ1n) is 10.1. The summed E-state index contributed by atoms with van der Waals surface area (Å²) in [6, 6.07) is 20.6. The number of halogens is 1. The van der Waals surface area contributed by atoms with E-state index in [4.69, 9.17) is 9.84 Å². The number of rotatable bonds is 6. The second-order valence-electron chi connectivity index (χ2n) is 7.17. The van der Waals surface area contributed by atoms with E-state index in [1.807, 2.05) is 0 Å². The number of hydrogen-bond donors (Lipinski definition) is 1. The highest BCUT2D eigenvalue weighted by molar-refractivity contribution is 9.10. The fourth-order valence-electron chi connectivity index (χ4n) is 3.37. The summed E-state index contributed by atoms with van der Waals surface area (Å²) in [5.74, 6) is -2.34. The number of ether oxygens (including phenoxy) is 1. The number of carbonyl (C=O) groups excluding carboxylic acids is 3. The number of urea groups is 1. The summed E-state index contributed by atoms with van der Waals surface area (Å²) in [6.07, 6.45) is 1.38. The molecule has 0 radical (unpaired) electrons. The fraction of sp³-hybridized carbons (Fsp3) is 0.0400. The van der Waals surface area contributed by atoms with Gasteiger partial charge in [0.25, 0.3) is 11.8 Å². The smallest absolute Gasteiger partial charge is 0.343 e. The summed E-state index contributed by atoms with van der Waals surface area (Å²) < 4.78 is 5.63. The quantitative estimate of drug-likeness (QED) is 0.379. The van der Waals surface area contributed by atoms with Gasteiger partial charge in [0.1, 0.15) is 11.3 Å². The highest BCUT2D eigenvalue weighted by atomic mass is 79.9. The van der Waals surface area contributed by atoms with Crippen LogP contribution in [-0.2, 0) is 14.4 Å². The molecule has 4 rings (SSSR count). The zero-order valence-electron chi connectivity index (χ0n) is 17.6. The van der Waals surface area contributed by atoms with Crippen molar-refractivity contribution in [2.45, 2.75) is 0 Å². The van der Waals surface area contributed by atoms with Crippen LogP contribution in [0.2, 0.25) is 0 Å². The van der Waals surface area contributed by atoms with Gasteiger partial charge in [0.05, 0.1) is 15.8 Å². The molecule has 3 aromatic rings. The molecule has 1 saturated heterocycles. The third-order valence-electron chi connectivity index (χ3n) is 4.90.